The smallest absolute Gasteiger partial charge is 0.387 e. The van der Waals surface area contributed by atoms with Crippen LogP contribution in [0.1, 0.15) is 17.2 Å². The third-order valence-corrected chi connectivity index (χ3v) is 3.47. The van der Waals surface area contributed by atoms with E-state index in [0.717, 1.165) is 15.6 Å². The molecular formula is C15H15BrF2N2O. The number of hydrogen-bond acceptors (Lipinski definition) is 3. The molecule has 112 valence electrons. The van der Waals surface area contributed by atoms with E-state index in [2.05, 4.69) is 31.0 Å². The Hall–Kier alpha value is -1.53. The van der Waals surface area contributed by atoms with E-state index >= 15 is 0 Å². The fourth-order valence-corrected chi connectivity index (χ4v) is 2.51. The zero-order valence-electron chi connectivity index (χ0n) is 11.4. The van der Waals surface area contributed by atoms with Crippen LogP contribution in [0.25, 0.3) is 0 Å². The Morgan fingerprint density at radius 3 is 2.76 bits per heavy atom. The van der Waals surface area contributed by atoms with E-state index < -0.39 is 6.61 Å². The summed E-state index contributed by atoms with van der Waals surface area (Å²) in [5, 5.41) is 3.18. The van der Waals surface area contributed by atoms with Crippen molar-refractivity contribution in [2.75, 3.05) is 7.05 Å². The first-order valence-corrected chi connectivity index (χ1v) is 7.19. The molecule has 1 N–H and O–H groups in total. The quantitative estimate of drug-likeness (QED) is 0.850. The Morgan fingerprint density at radius 2 is 2.10 bits per heavy atom. The second-order valence-electron chi connectivity index (χ2n) is 4.51. The first-order valence-electron chi connectivity index (χ1n) is 6.40. The number of alkyl halides is 2. The number of pyridine rings is 1. The molecule has 0 aliphatic rings. The van der Waals surface area contributed by atoms with Crippen molar-refractivity contribution in [1.29, 1.82) is 0 Å². The van der Waals surface area contributed by atoms with Crippen molar-refractivity contribution in [2.45, 2.75) is 19.1 Å². The molecule has 0 amide bonds. The van der Waals surface area contributed by atoms with Crippen LogP contribution in [0.3, 0.4) is 0 Å². The van der Waals surface area contributed by atoms with Gasteiger partial charge in [-0.2, -0.15) is 8.78 Å². The van der Waals surface area contributed by atoms with Gasteiger partial charge in [0.25, 0.3) is 0 Å². The van der Waals surface area contributed by atoms with Gasteiger partial charge in [-0.05, 0) is 58.7 Å². The summed E-state index contributed by atoms with van der Waals surface area (Å²) in [4.78, 5) is 4.12. The number of aromatic nitrogens is 1. The van der Waals surface area contributed by atoms with E-state index in [0.29, 0.717) is 6.42 Å². The number of benzene rings is 1. The van der Waals surface area contributed by atoms with Gasteiger partial charge in [0.1, 0.15) is 5.75 Å². The second-order valence-corrected chi connectivity index (χ2v) is 5.42. The topological polar surface area (TPSA) is 34.2 Å². The van der Waals surface area contributed by atoms with Crippen LogP contribution < -0.4 is 10.1 Å². The minimum absolute atomic E-state index is 0.0117. The number of nitrogens with one attached hydrogen (secondary N) is 1. The fourth-order valence-electron chi connectivity index (χ4n) is 2.10. The molecule has 2 rings (SSSR count). The van der Waals surface area contributed by atoms with Gasteiger partial charge in [0.05, 0.1) is 0 Å². The van der Waals surface area contributed by atoms with Crippen molar-refractivity contribution < 1.29 is 13.5 Å². The lowest BCUT2D eigenvalue weighted by molar-refractivity contribution is -0.0499. The van der Waals surface area contributed by atoms with Crippen LogP contribution in [0.2, 0.25) is 0 Å². The molecule has 0 bridgehead atoms. The summed E-state index contributed by atoms with van der Waals surface area (Å²) in [5.41, 5.74) is 1.93. The summed E-state index contributed by atoms with van der Waals surface area (Å²) in [6, 6.07) is 8.70. The zero-order chi connectivity index (χ0) is 15.2. The predicted molar refractivity (Wildman–Crippen MR) is 80.5 cm³/mol. The summed E-state index contributed by atoms with van der Waals surface area (Å²) < 4.78 is 29.9. The monoisotopic (exact) mass is 356 g/mol. The Morgan fingerprint density at radius 1 is 1.29 bits per heavy atom. The van der Waals surface area contributed by atoms with Crippen LogP contribution in [0.4, 0.5) is 8.78 Å². The molecule has 0 fully saturated rings. The van der Waals surface area contributed by atoms with Gasteiger partial charge in [0.2, 0.25) is 0 Å². The summed E-state index contributed by atoms with van der Waals surface area (Å²) in [5.74, 6) is 0.162. The molecule has 21 heavy (non-hydrogen) atoms. The number of rotatable bonds is 6. The molecule has 2 aromatic rings. The number of halogens is 3. The lowest BCUT2D eigenvalue weighted by Crippen LogP contribution is -2.19. The minimum atomic E-state index is -2.82. The fraction of sp³-hybridized carbons (Fsp3) is 0.267. The second kappa shape index (κ2) is 7.47. The van der Waals surface area contributed by atoms with Crippen LogP contribution in [0.5, 0.6) is 5.75 Å². The largest absolute Gasteiger partial charge is 0.435 e. The van der Waals surface area contributed by atoms with E-state index in [1.807, 2.05) is 19.2 Å². The minimum Gasteiger partial charge on any atom is -0.435 e. The van der Waals surface area contributed by atoms with Gasteiger partial charge in [-0.25, -0.2) is 0 Å². The van der Waals surface area contributed by atoms with Gasteiger partial charge in [-0.15, -0.1) is 0 Å². The van der Waals surface area contributed by atoms with Crippen molar-refractivity contribution in [1.82, 2.24) is 10.3 Å². The molecule has 0 radical (unpaired) electrons. The van der Waals surface area contributed by atoms with Gasteiger partial charge in [-0.1, -0.05) is 12.1 Å². The molecule has 0 spiro atoms. The number of likely N-dealkylation sites (N-methyl/N-ethyl adjacent to an activating group) is 1. The normalized spacial score (nSPS) is 12.4. The highest BCUT2D eigenvalue weighted by Crippen LogP contribution is 2.24. The Labute approximate surface area is 130 Å². The molecule has 0 saturated carbocycles. The number of hydrogen-bond donors (Lipinski definition) is 1. The molecule has 3 nitrogen and oxygen atoms in total. The predicted octanol–water partition coefficient (Wildman–Crippen LogP) is 3.95. The lowest BCUT2D eigenvalue weighted by atomic mass is 10.00. The Bertz CT molecular complexity index is 595. The molecule has 1 atom stereocenters. The average Bonchev–Trinajstić information content (AvgIpc) is 2.44. The molecule has 1 aromatic heterocycles. The van der Waals surface area contributed by atoms with E-state index in [-0.39, 0.29) is 11.8 Å². The van der Waals surface area contributed by atoms with Crippen LogP contribution >= 0.6 is 15.9 Å². The molecule has 1 aromatic carbocycles. The van der Waals surface area contributed by atoms with Crippen LogP contribution in [0, 0.1) is 0 Å². The first kappa shape index (κ1) is 15.9. The zero-order valence-corrected chi connectivity index (χ0v) is 13.0. The van der Waals surface area contributed by atoms with Gasteiger partial charge < -0.3 is 10.1 Å². The van der Waals surface area contributed by atoms with Crippen molar-refractivity contribution in [2.24, 2.45) is 0 Å². The highest BCUT2D eigenvalue weighted by molar-refractivity contribution is 9.10. The summed E-state index contributed by atoms with van der Waals surface area (Å²) in [6.07, 6.45) is 4.20. The van der Waals surface area contributed by atoms with Crippen molar-refractivity contribution in [3.63, 3.8) is 0 Å². The molecule has 1 heterocycles. The van der Waals surface area contributed by atoms with Crippen LogP contribution in [0.15, 0.2) is 47.2 Å². The molecule has 0 aliphatic heterocycles. The van der Waals surface area contributed by atoms with Crippen molar-refractivity contribution in [3.05, 3.63) is 58.3 Å². The molecular weight excluding hydrogens is 342 g/mol. The molecule has 0 aliphatic carbocycles. The molecule has 6 heteroatoms. The van der Waals surface area contributed by atoms with Crippen LogP contribution in [-0.4, -0.2) is 18.6 Å². The molecule has 0 saturated heterocycles. The Kier molecular flexibility index (Phi) is 5.64. The standard InChI is InChI=1S/C15H15BrF2N2O/c1-19-14(6-10-5-12(16)9-20-8-10)11-3-2-4-13(7-11)21-15(17)18/h2-5,7-9,14-15,19H,6H2,1H3. The maximum atomic E-state index is 12.3. The number of ether oxygens (including phenoxy) is 1. The van der Waals surface area contributed by atoms with E-state index in [4.69, 9.17) is 0 Å². The third-order valence-electron chi connectivity index (χ3n) is 3.04. The highest BCUT2D eigenvalue weighted by atomic mass is 79.9. The number of nitrogens with zero attached hydrogens (tertiary/aromatic N) is 1. The SMILES string of the molecule is CNC(Cc1cncc(Br)c1)c1cccc(OC(F)F)c1. The van der Waals surface area contributed by atoms with Gasteiger partial charge in [0.15, 0.2) is 0 Å². The van der Waals surface area contributed by atoms with Gasteiger partial charge in [0, 0.05) is 22.9 Å². The van der Waals surface area contributed by atoms with Gasteiger partial charge >= 0.3 is 6.61 Å². The summed E-state index contributed by atoms with van der Waals surface area (Å²) in [6.45, 7) is -2.82. The highest BCUT2D eigenvalue weighted by Gasteiger charge is 2.13. The Balaban J connectivity index is 2.17. The maximum Gasteiger partial charge on any atom is 0.387 e. The van der Waals surface area contributed by atoms with E-state index in [9.17, 15) is 8.78 Å². The van der Waals surface area contributed by atoms with Gasteiger partial charge in [-0.3, -0.25) is 4.98 Å². The van der Waals surface area contributed by atoms with Crippen molar-refractivity contribution >= 4 is 15.9 Å². The molecule has 1 unspecified atom stereocenters. The van der Waals surface area contributed by atoms with Crippen molar-refractivity contribution in [3.8, 4) is 5.75 Å². The lowest BCUT2D eigenvalue weighted by Gasteiger charge is -2.17. The first-order chi connectivity index (χ1) is 10.1. The summed E-state index contributed by atoms with van der Waals surface area (Å²) in [7, 11) is 1.83. The van der Waals surface area contributed by atoms with E-state index in [1.54, 1.807) is 24.5 Å². The van der Waals surface area contributed by atoms with Crippen LogP contribution in [-0.2, 0) is 6.42 Å². The maximum absolute atomic E-state index is 12.3. The van der Waals surface area contributed by atoms with E-state index in [1.165, 1.54) is 6.07 Å². The summed E-state index contributed by atoms with van der Waals surface area (Å²) >= 11 is 3.38. The average molecular weight is 357 g/mol. The third kappa shape index (κ3) is 4.75.